The van der Waals surface area contributed by atoms with E-state index in [-0.39, 0.29) is 5.97 Å². The van der Waals surface area contributed by atoms with E-state index in [1.165, 1.54) is 84.2 Å². The molecule has 0 atom stereocenters. The summed E-state index contributed by atoms with van der Waals surface area (Å²) in [6, 6.07) is 0. The summed E-state index contributed by atoms with van der Waals surface area (Å²) in [4.78, 5) is 11.5. The smallest absolute Gasteiger partial charge is 0.337 e. The van der Waals surface area contributed by atoms with Crippen LogP contribution >= 0.6 is 0 Å². The van der Waals surface area contributed by atoms with Gasteiger partial charge in [-0.2, -0.15) is 0 Å². The van der Waals surface area contributed by atoms with Crippen molar-refractivity contribution in [1.82, 2.24) is 0 Å². The van der Waals surface area contributed by atoms with Crippen molar-refractivity contribution < 1.29 is 9.53 Å². The van der Waals surface area contributed by atoms with Crippen molar-refractivity contribution in [2.24, 2.45) is 0 Å². The van der Waals surface area contributed by atoms with Gasteiger partial charge >= 0.3 is 5.97 Å². The van der Waals surface area contributed by atoms with Crippen molar-refractivity contribution in [3.8, 4) is 0 Å². The van der Waals surface area contributed by atoms with Gasteiger partial charge in [-0.1, -0.05) is 102 Å². The summed E-state index contributed by atoms with van der Waals surface area (Å²) in [5.41, 5.74) is 0.680. The lowest BCUT2D eigenvalue weighted by Gasteiger charge is -2.03. The van der Waals surface area contributed by atoms with E-state index in [9.17, 15) is 4.79 Å². The monoisotopic (exact) mass is 336 g/mol. The minimum Gasteiger partial charge on any atom is -0.465 e. The zero-order chi connectivity index (χ0) is 17.9. The quantitative estimate of drug-likeness (QED) is 0.129. The standard InChI is InChI=1S/C22H40O2/c1-4-6-7-8-9-10-11-12-13-14-15-16-17-18-20-21(19-5-2)22(23)24-3/h5,19-20H,4,6-18H2,1-3H3/b19-5+,21-20+. The summed E-state index contributed by atoms with van der Waals surface area (Å²) in [6.07, 6.45) is 24.5. The summed E-state index contributed by atoms with van der Waals surface area (Å²) in [6.45, 7) is 4.19. The largest absolute Gasteiger partial charge is 0.465 e. The van der Waals surface area contributed by atoms with Crippen molar-refractivity contribution in [2.45, 2.75) is 104 Å². The van der Waals surface area contributed by atoms with Crippen molar-refractivity contribution in [2.75, 3.05) is 7.11 Å². The van der Waals surface area contributed by atoms with Gasteiger partial charge in [0.25, 0.3) is 0 Å². The van der Waals surface area contributed by atoms with Gasteiger partial charge in [-0.05, 0) is 19.8 Å². The van der Waals surface area contributed by atoms with Gasteiger partial charge in [-0.25, -0.2) is 4.79 Å². The number of rotatable bonds is 16. The molecule has 0 bridgehead atoms. The first-order valence-corrected chi connectivity index (χ1v) is 10.2. The minimum atomic E-state index is -0.234. The third kappa shape index (κ3) is 14.5. The molecular weight excluding hydrogens is 296 g/mol. The van der Waals surface area contributed by atoms with Crippen LogP contribution in [0.4, 0.5) is 0 Å². The van der Waals surface area contributed by atoms with Crippen LogP contribution in [0.2, 0.25) is 0 Å². The number of unbranched alkanes of at least 4 members (excludes halogenated alkanes) is 13. The molecule has 0 aliphatic heterocycles. The van der Waals surface area contributed by atoms with Crippen LogP contribution in [-0.4, -0.2) is 13.1 Å². The average molecular weight is 337 g/mol. The number of allylic oxidation sites excluding steroid dienone is 2. The first kappa shape index (κ1) is 22.9. The summed E-state index contributed by atoms with van der Waals surface area (Å²) >= 11 is 0. The van der Waals surface area contributed by atoms with E-state index in [0.29, 0.717) is 5.57 Å². The van der Waals surface area contributed by atoms with Gasteiger partial charge in [0.15, 0.2) is 0 Å². The summed E-state index contributed by atoms with van der Waals surface area (Å²) in [5.74, 6) is -0.234. The maximum atomic E-state index is 11.5. The van der Waals surface area contributed by atoms with E-state index in [4.69, 9.17) is 4.74 Å². The molecule has 0 aromatic heterocycles. The fourth-order valence-electron chi connectivity index (χ4n) is 2.94. The number of carbonyl (C=O) groups is 1. The third-order valence-corrected chi connectivity index (χ3v) is 4.44. The highest BCUT2D eigenvalue weighted by molar-refractivity contribution is 5.91. The second-order valence-electron chi connectivity index (χ2n) is 6.68. The highest BCUT2D eigenvalue weighted by Gasteiger charge is 2.04. The molecule has 0 saturated heterocycles. The Morgan fingerprint density at radius 3 is 1.67 bits per heavy atom. The van der Waals surface area contributed by atoms with Gasteiger partial charge in [0.2, 0.25) is 0 Å². The van der Waals surface area contributed by atoms with Gasteiger partial charge < -0.3 is 4.74 Å². The summed E-state index contributed by atoms with van der Waals surface area (Å²) in [7, 11) is 1.44. The third-order valence-electron chi connectivity index (χ3n) is 4.44. The van der Waals surface area contributed by atoms with Crippen LogP contribution in [0.25, 0.3) is 0 Å². The molecule has 24 heavy (non-hydrogen) atoms. The van der Waals surface area contributed by atoms with Crippen LogP contribution in [0.5, 0.6) is 0 Å². The normalized spacial score (nSPS) is 12.0. The highest BCUT2D eigenvalue weighted by Crippen LogP contribution is 2.13. The second-order valence-corrected chi connectivity index (χ2v) is 6.68. The number of hydrogen-bond acceptors (Lipinski definition) is 2. The van der Waals surface area contributed by atoms with Gasteiger partial charge in [-0.15, -0.1) is 0 Å². The molecule has 0 aromatic carbocycles. The van der Waals surface area contributed by atoms with Gasteiger partial charge in [0.05, 0.1) is 12.7 Å². The maximum Gasteiger partial charge on any atom is 0.337 e. The predicted octanol–water partition coefficient (Wildman–Crippen LogP) is 7.14. The van der Waals surface area contributed by atoms with Gasteiger partial charge in [-0.3, -0.25) is 0 Å². The van der Waals surface area contributed by atoms with Gasteiger partial charge in [0, 0.05) is 0 Å². The SMILES string of the molecule is C/C=C/C(=C\CCCCCCCCCCCCCCC)C(=O)OC. The summed E-state index contributed by atoms with van der Waals surface area (Å²) in [5, 5.41) is 0. The van der Waals surface area contributed by atoms with E-state index in [1.807, 2.05) is 25.2 Å². The Morgan fingerprint density at radius 2 is 1.25 bits per heavy atom. The number of hydrogen-bond donors (Lipinski definition) is 0. The van der Waals surface area contributed by atoms with E-state index in [0.717, 1.165) is 12.8 Å². The number of methoxy groups -OCH3 is 1. The Morgan fingerprint density at radius 1 is 0.792 bits per heavy atom. The average Bonchev–Trinajstić information content (AvgIpc) is 2.60. The zero-order valence-corrected chi connectivity index (χ0v) is 16.4. The van der Waals surface area contributed by atoms with Crippen LogP contribution < -0.4 is 0 Å². The molecule has 0 aliphatic carbocycles. The van der Waals surface area contributed by atoms with Crippen LogP contribution in [0.3, 0.4) is 0 Å². The Balaban J connectivity index is 3.43. The second kappa shape index (κ2) is 18.3. The van der Waals surface area contributed by atoms with Crippen molar-refractivity contribution in [1.29, 1.82) is 0 Å². The van der Waals surface area contributed by atoms with Crippen molar-refractivity contribution in [3.05, 3.63) is 23.8 Å². The molecule has 0 radical (unpaired) electrons. The maximum absolute atomic E-state index is 11.5. The Bertz CT molecular complexity index is 342. The molecule has 0 amide bonds. The van der Waals surface area contributed by atoms with Crippen LogP contribution in [-0.2, 0) is 9.53 Å². The van der Waals surface area contributed by atoms with E-state index in [2.05, 4.69) is 6.92 Å². The van der Waals surface area contributed by atoms with Gasteiger partial charge in [0.1, 0.15) is 0 Å². The van der Waals surface area contributed by atoms with E-state index < -0.39 is 0 Å². The molecule has 0 N–H and O–H groups in total. The predicted molar refractivity (Wildman–Crippen MR) is 105 cm³/mol. The minimum absolute atomic E-state index is 0.234. The van der Waals surface area contributed by atoms with Crippen molar-refractivity contribution >= 4 is 5.97 Å². The molecule has 0 aromatic rings. The lowest BCUT2D eigenvalue weighted by atomic mass is 10.0. The first-order chi connectivity index (χ1) is 11.8. The molecule has 2 heteroatoms. The highest BCUT2D eigenvalue weighted by atomic mass is 16.5. The zero-order valence-electron chi connectivity index (χ0n) is 16.4. The molecule has 0 fully saturated rings. The molecule has 140 valence electrons. The molecular formula is C22H40O2. The lowest BCUT2D eigenvalue weighted by molar-refractivity contribution is -0.135. The Labute approximate surface area is 150 Å². The fraction of sp³-hybridized carbons (Fsp3) is 0.773. The molecule has 0 unspecified atom stereocenters. The molecule has 2 nitrogen and oxygen atoms in total. The summed E-state index contributed by atoms with van der Waals surface area (Å²) < 4.78 is 4.78. The molecule has 0 saturated carbocycles. The first-order valence-electron chi connectivity index (χ1n) is 10.2. The number of esters is 1. The van der Waals surface area contributed by atoms with Crippen LogP contribution in [0, 0.1) is 0 Å². The van der Waals surface area contributed by atoms with E-state index >= 15 is 0 Å². The Kier molecular flexibility index (Phi) is 17.5. The number of carbonyl (C=O) groups excluding carboxylic acids is 1. The van der Waals surface area contributed by atoms with E-state index in [1.54, 1.807) is 0 Å². The molecule has 0 heterocycles. The molecule has 0 aliphatic rings. The fourth-order valence-corrected chi connectivity index (χ4v) is 2.94. The Hall–Kier alpha value is -1.05. The molecule has 0 spiro atoms. The molecule has 0 rings (SSSR count). The number of ether oxygens (including phenoxy) is 1. The van der Waals surface area contributed by atoms with Crippen molar-refractivity contribution in [3.63, 3.8) is 0 Å². The van der Waals surface area contributed by atoms with Crippen LogP contribution in [0.1, 0.15) is 104 Å². The lowest BCUT2D eigenvalue weighted by Crippen LogP contribution is -2.02. The topological polar surface area (TPSA) is 26.3 Å². The van der Waals surface area contributed by atoms with Crippen LogP contribution in [0.15, 0.2) is 23.8 Å².